The van der Waals surface area contributed by atoms with Crippen LogP contribution in [0, 0.1) is 17.5 Å². The van der Waals surface area contributed by atoms with E-state index >= 15 is 0 Å². The standard InChI is InChI=1S/C32H27F6N5O2/c33-21-11-18(12-22(34)15-21)13-27(29-23(7-4-10-40-29)20-8-9-26(35)24(14-20)31(39)45)41-28(44)17-43-16-25(19-5-2-1-3-6-19)30(42-43)32(36,37)38/h1-2,4,7-12,14-16,19,27H,3,5-6,13,17H2,(H2,39,45)(H,41,44)/t19?,27-/m0/s1. The average molecular weight is 628 g/mol. The van der Waals surface area contributed by atoms with Gasteiger partial charge in [0.2, 0.25) is 5.91 Å². The lowest BCUT2D eigenvalue weighted by atomic mass is 9.88. The molecule has 2 aromatic heterocycles. The van der Waals surface area contributed by atoms with Crippen LogP contribution in [0.3, 0.4) is 0 Å². The van der Waals surface area contributed by atoms with Crippen LogP contribution >= 0.6 is 0 Å². The van der Waals surface area contributed by atoms with Crippen LogP contribution < -0.4 is 11.1 Å². The predicted octanol–water partition coefficient (Wildman–Crippen LogP) is 6.40. The second-order valence-corrected chi connectivity index (χ2v) is 10.7. The summed E-state index contributed by atoms with van der Waals surface area (Å²) in [5, 5.41) is 6.41. The summed E-state index contributed by atoms with van der Waals surface area (Å²) in [7, 11) is 0. The van der Waals surface area contributed by atoms with Crippen LogP contribution in [0.2, 0.25) is 0 Å². The molecular weight excluding hydrogens is 600 g/mol. The lowest BCUT2D eigenvalue weighted by Crippen LogP contribution is -2.34. The van der Waals surface area contributed by atoms with Gasteiger partial charge in [-0.25, -0.2) is 13.2 Å². The second-order valence-electron chi connectivity index (χ2n) is 10.7. The number of primary amides is 1. The Morgan fingerprint density at radius 3 is 2.47 bits per heavy atom. The molecule has 0 aliphatic heterocycles. The number of pyridine rings is 1. The monoisotopic (exact) mass is 627 g/mol. The lowest BCUT2D eigenvalue weighted by molar-refractivity contribution is -0.142. The molecule has 7 nitrogen and oxygen atoms in total. The first kappa shape index (κ1) is 31.5. The Labute approximate surface area is 253 Å². The molecule has 2 heterocycles. The largest absolute Gasteiger partial charge is 0.435 e. The van der Waals surface area contributed by atoms with E-state index in [1.807, 2.05) is 12.2 Å². The maximum atomic E-state index is 14.2. The summed E-state index contributed by atoms with van der Waals surface area (Å²) in [6, 6.07) is 8.51. The first-order valence-electron chi connectivity index (χ1n) is 14.0. The molecule has 2 aromatic carbocycles. The van der Waals surface area contributed by atoms with Crippen LogP contribution in [-0.4, -0.2) is 26.6 Å². The highest BCUT2D eigenvalue weighted by Crippen LogP contribution is 2.38. The van der Waals surface area contributed by atoms with Gasteiger partial charge in [-0.05, 0) is 73.1 Å². The Morgan fingerprint density at radius 1 is 1.04 bits per heavy atom. The van der Waals surface area contributed by atoms with Crippen molar-refractivity contribution in [3.05, 3.63) is 119 Å². The molecular formula is C32H27F6N5O2. The molecule has 0 bridgehead atoms. The number of allylic oxidation sites excluding steroid dienone is 2. The zero-order valence-electron chi connectivity index (χ0n) is 23.6. The third kappa shape index (κ3) is 7.41. The molecule has 13 heteroatoms. The predicted molar refractivity (Wildman–Crippen MR) is 152 cm³/mol. The van der Waals surface area contributed by atoms with Crippen LogP contribution in [0.1, 0.15) is 64.1 Å². The fraction of sp³-hybridized carbons (Fsp3) is 0.250. The van der Waals surface area contributed by atoms with Crippen molar-refractivity contribution in [1.82, 2.24) is 20.1 Å². The number of aromatic nitrogens is 3. The molecule has 45 heavy (non-hydrogen) atoms. The number of carbonyl (C=O) groups excluding carboxylic acids is 2. The van der Waals surface area contributed by atoms with E-state index in [-0.39, 0.29) is 23.2 Å². The zero-order valence-corrected chi connectivity index (χ0v) is 23.6. The molecule has 1 unspecified atom stereocenters. The minimum atomic E-state index is -4.73. The zero-order chi connectivity index (χ0) is 32.3. The Bertz CT molecular complexity index is 1750. The number of hydrogen-bond donors (Lipinski definition) is 2. The molecule has 2 atom stereocenters. The van der Waals surface area contributed by atoms with E-state index in [1.54, 1.807) is 12.1 Å². The molecule has 1 aliphatic rings. The van der Waals surface area contributed by atoms with Gasteiger partial charge in [0.25, 0.3) is 5.91 Å². The summed E-state index contributed by atoms with van der Waals surface area (Å²) in [6.45, 7) is -0.593. The molecule has 0 spiro atoms. The van der Waals surface area contributed by atoms with Crippen LogP contribution in [0.5, 0.6) is 0 Å². The van der Waals surface area contributed by atoms with Crippen molar-refractivity contribution in [2.45, 2.75) is 50.4 Å². The summed E-state index contributed by atoms with van der Waals surface area (Å²) < 4.78 is 85.0. The SMILES string of the molecule is NC(=O)c1cc(-c2cccnc2[C@H](Cc2cc(F)cc(F)c2)NC(=O)Cn2cc(C3CC=CCC3)c(C(F)(F)F)n2)ccc1F. The van der Waals surface area contributed by atoms with Crippen LogP contribution in [0.15, 0.2) is 73.1 Å². The quantitative estimate of drug-likeness (QED) is 0.166. The van der Waals surface area contributed by atoms with Gasteiger partial charge in [-0.1, -0.05) is 24.3 Å². The van der Waals surface area contributed by atoms with Gasteiger partial charge in [-0.15, -0.1) is 0 Å². The van der Waals surface area contributed by atoms with Gasteiger partial charge in [0, 0.05) is 29.6 Å². The molecule has 5 rings (SSSR count). The van der Waals surface area contributed by atoms with Crippen molar-refractivity contribution in [3.8, 4) is 11.1 Å². The minimum absolute atomic E-state index is 0.0000122. The van der Waals surface area contributed by atoms with E-state index in [4.69, 9.17) is 5.73 Å². The van der Waals surface area contributed by atoms with Crippen LogP contribution in [0.4, 0.5) is 26.3 Å². The van der Waals surface area contributed by atoms with Gasteiger partial charge in [0.15, 0.2) is 5.69 Å². The van der Waals surface area contributed by atoms with Crippen molar-refractivity contribution in [3.63, 3.8) is 0 Å². The fourth-order valence-corrected chi connectivity index (χ4v) is 5.50. The molecule has 0 fully saturated rings. The number of nitrogens with one attached hydrogen (secondary N) is 1. The van der Waals surface area contributed by atoms with E-state index < -0.39 is 65.2 Å². The van der Waals surface area contributed by atoms with Gasteiger partial charge in [-0.2, -0.15) is 18.3 Å². The van der Waals surface area contributed by atoms with Crippen molar-refractivity contribution in [1.29, 1.82) is 0 Å². The smallest absolute Gasteiger partial charge is 0.366 e. The molecule has 1 aliphatic carbocycles. The van der Waals surface area contributed by atoms with Crippen molar-refractivity contribution >= 4 is 11.8 Å². The summed E-state index contributed by atoms with van der Waals surface area (Å²) in [6.07, 6.45) is 2.97. The number of rotatable bonds is 9. The Hall–Kier alpha value is -4.94. The van der Waals surface area contributed by atoms with Gasteiger partial charge >= 0.3 is 6.18 Å². The van der Waals surface area contributed by atoms with E-state index in [9.17, 15) is 35.9 Å². The fourth-order valence-electron chi connectivity index (χ4n) is 5.50. The summed E-state index contributed by atoms with van der Waals surface area (Å²) in [5.41, 5.74) is 4.85. The first-order chi connectivity index (χ1) is 21.4. The average Bonchev–Trinajstić information content (AvgIpc) is 3.41. The van der Waals surface area contributed by atoms with Crippen molar-refractivity contribution < 1.29 is 35.9 Å². The Kier molecular flexibility index (Phi) is 9.07. The van der Waals surface area contributed by atoms with Gasteiger partial charge in [0.1, 0.15) is 24.0 Å². The summed E-state index contributed by atoms with van der Waals surface area (Å²) in [4.78, 5) is 29.5. The summed E-state index contributed by atoms with van der Waals surface area (Å²) in [5.74, 6) is -4.74. The Morgan fingerprint density at radius 2 is 1.80 bits per heavy atom. The number of nitrogens with zero attached hydrogens (tertiary/aromatic N) is 3. The number of benzene rings is 2. The van der Waals surface area contributed by atoms with Gasteiger partial charge in [0.05, 0.1) is 17.3 Å². The van der Waals surface area contributed by atoms with E-state index in [2.05, 4.69) is 15.4 Å². The maximum absolute atomic E-state index is 14.2. The highest BCUT2D eigenvalue weighted by Gasteiger charge is 2.39. The van der Waals surface area contributed by atoms with E-state index in [1.165, 1.54) is 24.5 Å². The summed E-state index contributed by atoms with van der Waals surface area (Å²) >= 11 is 0. The second kappa shape index (κ2) is 13.0. The molecule has 0 saturated carbocycles. The first-order valence-corrected chi connectivity index (χ1v) is 14.0. The molecule has 0 saturated heterocycles. The Balaban J connectivity index is 1.49. The minimum Gasteiger partial charge on any atom is -0.366 e. The number of halogens is 6. The van der Waals surface area contributed by atoms with E-state index in [0.717, 1.165) is 22.9 Å². The molecule has 4 aromatic rings. The topological polar surface area (TPSA) is 103 Å². The number of amides is 2. The molecule has 3 N–H and O–H groups in total. The molecule has 0 radical (unpaired) electrons. The van der Waals surface area contributed by atoms with Crippen molar-refractivity contribution in [2.24, 2.45) is 5.73 Å². The number of nitrogens with two attached hydrogens (primary N) is 1. The van der Waals surface area contributed by atoms with E-state index in [0.29, 0.717) is 36.5 Å². The highest BCUT2D eigenvalue weighted by atomic mass is 19.4. The third-order valence-electron chi connectivity index (χ3n) is 7.48. The van der Waals surface area contributed by atoms with Gasteiger partial charge < -0.3 is 11.1 Å². The van der Waals surface area contributed by atoms with Crippen molar-refractivity contribution in [2.75, 3.05) is 0 Å². The lowest BCUT2D eigenvalue weighted by Gasteiger charge is -2.22. The van der Waals surface area contributed by atoms with Crippen LogP contribution in [-0.2, 0) is 23.9 Å². The van der Waals surface area contributed by atoms with Crippen LogP contribution in [0.25, 0.3) is 11.1 Å². The normalized spacial score (nSPS) is 15.6. The number of hydrogen-bond acceptors (Lipinski definition) is 4. The number of alkyl halides is 3. The van der Waals surface area contributed by atoms with Gasteiger partial charge in [-0.3, -0.25) is 19.3 Å². The highest BCUT2D eigenvalue weighted by molar-refractivity contribution is 5.94. The maximum Gasteiger partial charge on any atom is 0.435 e. The third-order valence-corrected chi connectivity index (χ3v) is 7.48. The number of carbonyl (C=O) groups is 2. The molecule has 2 amide bonds. The molecule has 234 valence electrons.